The number of aromatic nitrogens is 4. The second-order valence-corrected chi connectivity index (χ2v) is 14.7. The van der Waals surface area contributed by atoms with Gasteiger partial charge < -0.3 is 34.7 Å². The van der Waals surface area contributed by atoms with Crippen LogP contribution in [0.15, 0.2) is 60.9 Å². The number of nitrogens with one attached hydrogen (secondary N) is 2. The molecule has 13 heteroatoms. The van der Waals surface area contributed by atoms with Crippen LogP contribution in [0.4, 0.5) is 9.59 Å². The van der Waals surface area contributed by atoms with Crippen LogP contribution in [0.1, 0.15) is 63.3 Å². The third-order valence-electron chi connectivity index (χ3n) is 11.0. The summed E-state index contributed by atoms with van der Waals surface area (Å²) in [5.74, 6) is 1.21. The maximum atomic E-state index is 13.6. The van der Waals surface area contributed by atoms with E-state index >= 15 is 0 Å². The molecule has 2 aromatic heterocycles. The number of aromatic amines is 2. The monoisotopic (exact) mass is 707 g/mol. The number of nitrogens with zero attached hydrogens (tertiary/aromatic N) is 7. The molecule has 274 valence electrons. The van der Waals surface area contributed by atoms with Crippen LogP contribution >= 0.6 is 0 Å². The van der Waals surface area contributed by atoms with Crippen LogP contribution in [0.5, 0.6) is 0 Å². The van der Waals surface area contributed by atoms with Gasteiger partial charge in [-0.3, -0.25) is 9.69 Å². The molecule has 52 heavy (non-hydrogen) atoms. The minimum Gasteiger partial charge on any atom is -0.465 e. The number of piperazine rings is 1. The Morgan fingerprint density at radius 2 is 1.19 bits per heavy atom. The fraction of sp³-hybridized carbons (Fsp3) is 0.462. The van der Waals surface area contributed by atoms with Crippen molar-refractivity contribution in [3.63, 3.8) is 0 Å². The number of carbonyl (C=O) groups excluding carboxylic acids is 2. The smallest absolute Gasteiger partial charge is 0.407 e. The Morgan fingerprint density at radius 1 is 0.731 bits per heavy atom. The zero-order chi connectivity index (χ0) is 36.5. The lowest BCUT2D eigenvalue weighted by atomic mass is 10.0. The number of urea groups is 1. The van der Waals surface area contributed by atoms with Gasteiger partial charge in [-0.2, -0.15) is 0 Å². The Hall–Kier alpha value is -5.17. The van der Waals surface area contributed by atoms with Crippen LogP contribution < -0.4 is 0 Å². The Bertz CT molecular complexity index is 1880. The summed E-state index contributed by atoms with van der Waals surface area (Å²) >= 11 is 0. The Kier molecular flexibility index (Phi) is 10.0. The van der Waals surface area contributed by atoms with Gasteiger partial charge in [-0.1, -0.05) is 62.4 Å². The van der Waals surface area contributed by atoms with Crippen molar-refractivity contribution in [1.82, 2.24) is 44.4 Å². The molecule has 13 nitrogen and oxygen atoms in total. The molecule has 0 aliphatic carbocycles. The third kappa shape index (κ3) is 7.01. The van der Waals surface area contributed by atoms with Crippen LogP contribution in [0, 0.1) is 5.92 Å². The van der Waals surface area contributed by atoms with Gasteiger partial charge in [-0.25, -0.2) is 19.6 Å². The molecule has 5 heterocycles. The summed E-state index contributed by atoms with van der Waals surface area (Å²) in [7, 11) is 3.55. The van der Waals surface area contributed by atoms with E-state index in [-0.39, 0.29) is 29.9 Å². The van der Waals surface area contributed by atoms with Gasteiger partial charge in [0, 0.05) is 46.3 Å². The molecular weight excluding hydrogens is 658 g/mol. The summed E-state index contributed by atoms with van der Waals surface area (Å²) in [4.78, 5) is 64.1. The van der Waals surface area contributed by atoms with Crippen molar-refractivity contribution >= 4 is 18.0 Å². The van der Waals surface area contributed by atoms with Crippen LogP contribution in [0.25, 0.3) is 33.6 Å². The minimum absolute atomic E-state index is 0.0349. The van der Waals surface area contributed by atoms with Crippen LogP contribution in [0.3, 0.4) is 0 Å². The molecule has 4 amide bonds. The highest BCUT2D eigenvalue weighted by Crippen LogP contribution is 2.35. The summed E-state index contributed by atoms with van der Waals surface area (Å²) in [6.07, 6.45) is 6.04. The van der Waals surface area contributed by atoms with Gasteiger partial charge in [0.25, 0.3) is 0 Å². The zero-order valence-electron chi connectivity index (χ0n) is 30.5. The van der Waals surface area contributed by atoms with Crippen molar-refractivity contribution in [2.24, 2.45) is 5.92 Å². The summed E-state index contributed by atoms with van der Waals surface area (Å²) in [6.45, 7) is 8.41. The molecule has 3 atom stereocenters. The van der Waals surface area contributed by atoms with Crippen molar-refractivity contribution in [1.29, 1.82) is 0 Å². The molecule has 7 rings (SSSR count). The summed E-state index contributed by atoms with van der Waals surface area (Å²) in [5.41, 5.74) is 5.98. The molecule has 3 aliphatic heterocycles. The topological polar surface area (TPSA) is 145 Å². The van der Waals surface area contributed by atoms with Gasteiger partial charge >= 0.3 is 12.1 Å². The molecule has 3 aliphatic rings. The predicted octanol–water partition coefficient (Wildman–Crippen LogP) is 5.94. The predicted molar refractivity (Wildman–Crippen MR) is 198 cm³/mol. The van der Waals surface area contributed by atoms with E-state index in [4.69, 9.17) is 4.98 Å². The van der Waals surface area contributed by atoms with Crippen molar-refractivity contribution in [3.05, 3.63) is 72.6 Å². The highest BCUT2D eigenvalue weighted by atomic mass is 16.4. The second kappa shape index (κ2) is 14.8. The van der Waals surface area contributed by atoms with E-state index in [2.05, 4.69) is 75.4 Å². The zero-order valence-corrected chi connectivity index (χ0v) is 30.5. The molecule has 3 N–H and O–H groups in total. The van der Waals surface area contributed by atoms with Crippen LogP contribution in [0.2, 0.25) is 0 Å². The van der Waals surface area contributed by atoms with E-state index in [1.54, 1.807) is 11.1 Å². The average Bonchev–Trinajstić information content (AvgIpc) is 3.98. The van der Waals surface area contributed by atoms with Gasteiger partial charge in [0.1, 0.15) is 17.7 Å². The first-order chi connectivity index (χ1) is 25.1. The number of carbonyl (C=O) groups is 3. The average molecular weight is 708 g/mol. The van der Waals surface area contributed by atoms with E-state index in [1.165, 1.54) is 7.05 Å². The first-order valence-corrected chi connectivity index (χ1v) is 18.4. The SMILES string of the molecule is CC(C)[C@@H](C(=O)N1CCC[C@H]1c1ncc(-c2ccc(-c3ccc(-c4cnc([C@@H]5CCCN5C(=O)N5CCN(C)CC5)[nH]4)cc3)cc2)[nH]1)N(C)C(=O)O. The lowest BCUT2D eigenvalue weighted by molar-refractivity contribution is -0.138. The molecular formula is C39H49N9O4. The summed E-state index contributed by atoms with van der Waals surface area (Å²) in [5, 5.41) is 9.57. The Balaban J connectivity index is 0.999. The van der Waals surface area contributed by atoms with Crippen molar-refractivity contribution in [3.8, 4) is 33.6 Å². The largest absolute Gasteiger partial charge is 0.465 e. The van der Waals surface area contributed by atoms with E-state index in [0.717, 1.165) is 103 Å². The molecule has 2 aromatic carbocycles. The fourth-order valence-corrected chi connectivity index (χ4v) is 7.95. The molecule has 0 bridgehead atoms. The number of hydrogen-bond acceptors (Lipinski definition) is 6. The molecule has 0 unspecified atom stereocenters. The number of rotatable bonds is 8. The van der Waals surface area contributed by atoms with E-state index < -0.39 is 12.1 Å². The lowest BCUT2D eigenvalue weighted by Crippen LogP contribution is -2.51. The molecule has 3 saturated heterocycles. The lowest BCUT2D eigenvalue weighted by Gasteiger charge is -2.36. The van der Waals surface area contributed by atoms with Crippen molar-refractivity contribution < 1.29 is 19.5 Å². The number of hydrogen-bond donors (Lipinski definition) is 3. The number of likely N-dealkylation sites (tertiary alicyclic amines) is 2. The molecule has 4 aromatic rings. The number of amides is 4. The van der Waals surface area contributed by atoms with Crippen LogP contribution in [-0.2, 0) is 4.79 Å². The van der Waals surface area contributed by atoms with Crippen molar-refractivity contribution in [2.45, 2.75) is 57.7 Å². The molecule has 0 spiro atoms. The van der Waals surface area contributed by atoms with Crippen molar-refractivity contribution in [2.75, 3.05) is 53.4 Å². The van der Waals surface area contributed by atoms with E-state index in [0.29, 0.717) is 12.4 Å². The van der Waals surface area contributed by atoms with Gasteiger partial charge in [0.2, 0.25) is 5.91 Å². The summed E-state index contributed by atoms with van der Waals surface area (Å²) < 4.78 is 0. The minimum atomic E-state index is -1.11. The Labute approximate surface area is 304 Å². The number of carboxylic acid groups (broad SMARTS) is 1. The second-order valence-electron chi connectivity index (χ2n) is 14.7. The van der Waals surface area contributed by atoms with E-state index in [1.807, 2.05) is 29.8 Å². The standard InChI is InChI=1S/C39H49N9O4/c1-25(2)34(45(4)39(51)52)37(49)47-17-5-7-32(47)35-40-23-30(42-35)28-13-9-26(10-14-28)27-11-15-29(16-12-27)31-24-41-36(43-31)33-8-6-18-48(33)38(50)46-21-19-44(3)20-22-46/h9-16,23-25,32-34H,5-8,17-22H2,1-4H3,(H,40,42)(H,41,43)(H,51,52)/t32-,33-,34-/m0/s1. The van der Waals surface area contributed by atoms with Gasteiger partial charge in [0.05, 0.1) is 35.9 Å². The highest BCUT2D eigenvalue weighted by molar-refractivity contribution is 5.86. The molecule has 0 radical (unpaired) electrons. The quantitative estimate of drug-likeness (QED) is 0.206. The molecule has 3 fully saturated rings. The fourth-order valence-electron chi connectivity index (χ4n) is 7.95. The third-order valence-corrected chi connectivity index (χ3v) is 11.0. The number of imidazole rings is 2. The highest BCUT2D eigenvalue weighted by Gasteiger charge is 2.40. The first-order valence-electron chi connectivity index (χ1n) is 18.4. The number of benzene rings is 2. The molecule has 0 saturated carbocycles. The van der Waals surface area contributed by atoms with Gasteiger partial charge in [-0.15, -0.1) is 0 Å². The van der Waals surface area contributed by atoms with E-state index in [9.17, 15) is 19.5 Å². The Morgan fingerprint density at radius 3 is 1.67 bits per heavy atom. The number of likely N-dealkylation sites (N-methyl/N-ethyl adjacent to an activating group) is 2. The summed E-state index contributed by atoms with van der Waals surface area (Å²) in [6, 6.07) is 15.8. The van der Waals surface area contributed by atoms with Crippen LogP contribution in [-0.4, -0.2) is 127 Å². The first kappa shape index (κ1) is 35.2. The maximum absolute atomic E-state index is 13.6. The van der Waals surface area contributed by atoms with Gasteiger partial charge in [0.15, 0.2) is 0 Å². The number of H-pyrrole nitrogens is 2. The maximum Gasteiger partial charge on any atom is 0.407 e. The normalized spacial score (nSPS) is 20.1. The van der Waals surface area contributed by atoms with Gasteiger partial charge in [-0.05, 0) is 60.9 Å².